The molecule has 0 radical (unpaired) electrons. The monoisotopic (exact) mass is 352 g/mol. The first kappa shape index (κ1) is 13.9. The van der Waals surface area contributed by atoms with Gasteiger partial charge in [0, 0.05) is 5.39 Å². The molecule has 9 heteroatoms. The Bertz CT molecular complexity index is 1200. The van der Waals surface area contributed by atoms with Crippen molar-refractivity contribution in [3.8, 4) is 0 Å². The highest BCUT2D eigenvalue weighted by molar-refractivity contribution is 7.21. The predicted molar refractivity (Wildman–Crippen MR) is 91.7 cm³/mol. The number of amides is 2. The Kier molecular flexibility index (Phi) is 2.66. The van der Waals surface area contributed by atoms with Gasteiger partial charge in [0.05, 0.1) is 23.0 Å². The van der Waals surface area contributed by atoms with Crippen LogP contribution >= 0.6 is 11.3 Å². The number of carboxylic acids is 1. The molecule has 0 bridgehead atoms. The molecule has 5 rings (SSSR count). The number of benzene rings is 1. The molecule has 0 atom stereocenters. The topological polar surface area (TPSA) is 109 Å². The number of anilines is 3. The molecule has 1 aliphatic heterocycles. The fraction of sp³-hybridized carbons (Fsp3) is 0. The first-order valence-electron chi connectivity index (χ1n) is 7.23. The van der Waals surface area contributed by atoms with Crippen molar-refractivity contribution in [2.75, 3.05) is 10.2 Å². The minimum absolute atomic E-state index is 0.0287. The number of urea groups is 1. The Morgan fingerprint density at radius 3 is 3.00 bits per heavy atom. The van der Waals surface area contributed by atoms with E-state index in [0.717, 1.165) is 16.7 Å². The third kappa shape index (κ3) is 1.81. The van der Waals surface area contributed by atoms with E-state index in [2.05, 4.69) is 15.3 Å². The van der Waals surface area contributed by atoms with Crippen LogP contribution < -0.4 is 10.2 Å². The molecule has 1 aliphatic rings. The second-order valence-electron chi connectivity index (χ2n) is 5.37. The molecule has 1 aromatic carbocycles. The number of carbonyl (C=O) groups excluding carboxylic acids is 1. The highest BCUT2D eigenvalue weighted by Crippen LogP contribution is 2.45. The Labute approximate surface area is 143 Å². The second kappa shape index (κ2) is 4.77. The lowest BCUT2D eigenvalue weighted by molar-refractivity contribution is 0.0703. The van der Waals surface area contributed by atoms with E-state index in [0.29, 0.717) is 27.3 Å². The zero-order valence-corrected chi connectivity index (χ0v) is 13.2. The van der Waals surface area contributed by atoms with Crippen molar-refractivity contribution in [3.05, 3.63) is 41.7 Å². The third-order valence-corrected chi connectivity index (χ3v) is 5.09. The van der Waals surface area contributed by atoms with Gasteiger partial charge >= 0.3 is 12.0 Å². The summed E-state index contributed by atoms with van der Waals surface area (Å²) < 4.78 is 5.52. The van der Waals surface area contributed by atoms with Crippen molar-refractivity contribution >= 4 is 61.7 Å². The van der Waals surface area contributed by atoms with Gasteiger partial charge in [0.1, 0.15) is 16.0 Å². The van der Waals surface area contributed by atoms with Gasteiger partial charge < -0.3 is 14.8 Å². The minimum atomic E-state index is -1.12. The van der Waals surface area contributed by atoms with E-state index >= 15 is 0 Å². The summed E-state index contributed by atoms with van der Waals surface area (Å²) in [5.74, 6) is -0.790. The van der Waals surface area contributed by atoms with Crippen LogP contribution in [0.3, 0.4) is 0 Å². The zero-order valence-electron chi connectivity index (χ0n) is 12.4. The maximum absolute atomic E-state index is 12.8. The number of hydrogen-bond acceptors (Lipinski definition) is 6. The van der Waals surface area contributed by atoms with E-state index in [4.69, 9.17) is 4.42 Å². The normalized spacial score (nSPS) is 13.4. The Morgan fingerprint density at radius 2 is 2.16 bits per heavy atom. The Hall–Kier alpha value is -3.46. The van der Waals surface area contributed by atoms with Crippen LogP contribution in [-0.2, 0) is 0 Å². The standard InChI is InChI=1S/C16H8N4O4S/c21-15(22)12-10-9-13(17-6-18-14(9)25-12)20(16(23)19-10)8-3-1-2-7-4-5-24-11(7)8/h1-6H,(H,19,23)(H,21,22). The summed E-state index contributed by atoms with van der Waals surface area (Å²) >= 11 is 1.000. The number of nitrogens with one attached hydrogen (secondary N) is 1. The van der Waals surface area contributed by atoms with Gasteiger partial charge in [-0.05, 0) is 12.1 Å². The van der Waals surface area contributed by atoms with Crippen molar-refractivity contribution in [2.24, 2.45) is 0 Å². The number of carboxylic acid groups (broad SMARTS) is 1. The fourth-order valence-corrected chi connectivity index (χ4v) is 3.92. The van der Waals surface area contributed by atoms with Crippen molar-refractivity contribution in [2.45, 2.75) is 0 Å². The van der Waals surface area contributed by atoms with Crippen LogP contribution in [0.2, 0.25) is 0 Å². The van der Waals surface area contributed by atoms with E-state index in [1.54, 1.807) is 18.4 Å². The van der Waals surface area contributed by atoms with Crippen LogP contribution in [0.5, 0.6) is 0 Å². The van der Waals surface area contributed by atoms with E-state index in [1.165, 1.54) is 11.2 Å². The summed E-state index contributed by atoms with van der Waals surface area (Å²) in [7, 11) is 0. The lowest BCUT2D eigenvalue weighted by Crippen LogP contribution is -2.34. The second-order valence-corrected chi connectivity index (χ2v) is 6.37. The maximum Gasteiger partial charge on any atom is 0.348 e. The number of furan rings is 1. The largest absolute Gasteiger partial charge is 0.477 e. The summed E-state index contributed by atoms with van der Waals surface area (Å²) in [5.41, 5.74) is 1.30. The van der Waals surface area contributed by atoms with Crippen molar-refractivity contribution < 1.29 is 19.1 Å². The van der Waals surface area contributed by atoms with Crippen LogP contribution in [-0.4, -0.2) is 27.1 Å². The molecule has 4 heterocycles. The first-order chi connectivity index (χ1) is 12.1. The fourth-order valence-electron chi connectivity index (χ4n) is 2.99. The highest BCUT2D eigenvalue weighted by Gasteiger charge is 2.34. The van der Waals surface area contributed by atoms with E-state index in [1.807, 2.05) is 12.1 Å². The Balaban J connectivity index is 1.84. The molecular weight excluding hydrogens is 344 g/mol. The minimum Gasteiger partial charge on any atom is -0.477 e. The van der Waals surface area contributed by atoms with Gasteiger partial charge in [-0.15, -0.1) is 11.3 Å². The number of hydrogen-bond donors (Lipinski definition) is 2. The average Bonchev–Trinajstić information content (AvgIpc) is 3.21. The molecule has 4 aromatic rings. The predicted octanol–water partition coefficient (Wildman–Crippen LogP) is 3.82. The first-order valence-corrected chi connectivity index (χ1v) is 8.05. The summed E-state index contributed by atoms with van der Waals surface area (Å²) in [6.45, 7) is 0. The van der Waals surface area contributed by atoms with Gasteiger partial charge in [-0.1, -0.05) is 12.1 Å². The smallest absolute Gasteiger partial charge is 0.348 e. The zero-order chi connectivity index (χ0) is 17.1. The van der Waals surface area contributed by atoms with Gasteiger partial charge in [-0.2, -0.15) is 0 Å². The van der Waals surface area contributed by atoms with Gasteiger partial charge in [-0.25, -0.2) is 24.5 Å². The highest BCUT2D eigenvalue weighted by atomic mass is 32.1. The van der Waals surface area contributed by atoms with Gasteiger partial charge in [0.25, 0.3) is 0 Å². The molecule has 0 saturated heterocycles. The molecular formula is C16H8N4O4S. The van der Waals surface area contributed by atoms with Crippen LogP contribution in [0, 0.1) is 0 Å². The van der Waals surface area contributed by atoms with Crippen LogP contribution in [0.15, 0.2) is 41.3 Å². The van der Waals surface area contributed by atoms with Gasteiger partial charge in [0.15, 0.2) is 11.4 Å². The third-order valence-electron chi connectivity index (χ3n) is 4.01. The average molecular weight is 352 g/mol. The summed E-state index contributed by atoms with van der Waals surface area (Å²) in [4.78, 5) is 34.5. The molecule has 122 valence electrons. The van der Waals surface area contributed by atoms with Crippen molar-refractivity contribution in [1.29, 1.82) is 0 Å². The van der Waals surface area contributed by atoms with Crippen molar-refractivity contribution in [3.63, 3.8) is 0 Å². The van der Waals surface area contributed by atoms with Crippen LogP contribution in [0.25, 0.3) is 21.2 Å². The van der Waals surface area contributed by atoms with Crippen LogP contribution in [0.1, 0.15) is 9.67 Å². The number of aromatic carboxylic acids is 1. The van der Waals surface area contributed by atoms with Gasteiger partial charge in [-0.3, -0.25) is 0 Å². The molecule has 25 heavy (non-hydrogen) atoms. The summed E-state index contributed by atoms with van der Waals surface area (Å²) in [6, 6.07) is 6.73. The van der Waals surface area contributed by atoms with Crippen LogP contribution in [0.4, 0.5) is 22.0 Å². The summed E-state index contributed by atoms with van der Waals surface area (Å²) in [5, 5.41) is 13.4. The molecule has 2 amide bonds. The molecule has 3 aromatic heterocycles. The van der Waals surface area contributed by atoms with E-state index in [9.17, 15) is 14.7 Å². The molecule has 0 saturated carbocycles. The lowest BCUT2D eigenvalue weighted by atomic mass is 10.1. The van der Waals surface area contributed by atoms with E-state index in [-0.39, 0.29) is 10.6 Å². The Morgan fingerprint density at radius 1 is 1.28 bits per heavy atom. The maximum atomic E-state index is 12.8. The molecule has 0 spiro atoms. The lowest BCUT2D eigenvalue weighted by Gasteiger charge is -2.26. The number of aromatic nitrogens is 2. The summed E-state index contributed by atoms with van der Waals surface area (Å²) in [6.07, 6.45) is 2.86. The van der Waals surface area contributed by atoms with E-state index < -0.39 is 12.0 Å². The number of fused-ring (bicyclic) bond motifs is 1. The number of nitrogens with zero attached hydrogens (tertiary/aromatic N) is 3. The van der Waals surface area contributed by atoms with Crippen molar-refractivity contribution in [1.82, 2.24) is 9.97 Å². The molecule has 2 N–H and O–H groups in total. The molecule has 0 fully saturated rings. The molecule has 8 nitrogen and oxygen atoms in total. The van der Waals surface area contributed by atoms with Gasteiger partial charge in [0.2, 0.25) is 0 Å². The number of para-hydroxylation sites is 1. The SMILES string of the molecule is O=C(O)c1sc2ncnc3c2c1NC(=O)N3c1cccc2ccoc12. The number of rotatable bonds is 2. The number of thiophene rings is 1. The quantitative estimate of drug-likeness (QED) is 0.568. The molecule has 0 unspecified atom stereocenters. The molecule has 0 aliphatic carbocycles. The number of carbonyl (C=O) groups is 2.